The molecule has 136 valence electrons. The van der Waals surface area contributed by atoms with Gasteiger partial charge in [-0.15, -0.1) is 0 Å². The van der Waals surface area contributed by atoms with Crippen LogP contribution in [0.1, 0.15) is 19.4 Å². The number of hydrogen-bond acceptors (Lipinski definition) is 4. The quantitative estimate of drug-likeness (QED) is 0.697. The van der Waals surface area contributed by atoms with E-state index in [0.717, 1.165) is 11.6 Å². The summed E-state index contributed by atoms with van der Waals surface area (Å²) in [7, 11) is 1.81. The molecular weight excluding hydrogens is 337 g/mol. The van der Waals surface area contributed by atoms with E-state index in [1.54, 1.807) is 15.8 Å². The van der Waals surface area contributed by atoms with Crippen molar-refractivity contribution >= 4 is 16.8 Å². The first-order valence-electron chi connectivity index (χ1n) is 8.27. The number of fused-ring (bicyclic) bond motifs is 1. The molecule has 3 rings (SSSR count). The summed E-state index contributed by atoms with van der Waals surface area (Å²) < 4.78 is 16.3. The van der Waals surface area contributed by atoms with Crippen molar-refractivity contribution in [3.8, 4) is 0 Å². The molecule has 1 amide bonds. The fraction of sp³-hybridized carbons (Fsp3) is 0.333. The Kier molecular flexibility index (Phi) is 4.83. The van der Waals surface area contributed by atoms with E-state index in [0.29, 0.717) is 12.1 Å². The second-order valence-corrected chi connectivity index (χ2v) is 6.48. The van der Waals surface area contributed by atoms with Crippen LogP contribution in [0.2, 0.25) is 0 Å². The monoisotopic (exact) mass is 357 g/mol. The molecule has 0 aliphatic heterocycles. The minimum atomic E-state index is -0.513. The molecule has 1 aromatic carbocycles. The average Bonchev–Trinajstić information content (AvgIpc) is 3.00. The molecular formula is C18H20FN5O2. The summed E-state index contributed by atoms with van der Waals surface area (Å²) in [6, 6.07) is 3.78. The Hall–Kier alpha value is -3.03. The van der Waals surface area contributed by atoms with Crippen molar-refractivity contribution in [3.05, 3.63) is 58.7 Å². The summed E-state index contributed by atoms with van der Waals surface area (Å²) in [5, 5.41) is 4.26. The van der Waals surface area contributed by atoms with E-state index >= 15 is 0 Å². The zero-order valence-electron chi connectivity index (χ0n) is 14.9. The third-order valence-electron chi connectivity index (χ3n) is 4.15. The van der Waals surface area contributed by atoms with Gasteiger partial charge in [0, 0.05) is 31.4 Å². The van der Waals surface area contributed by atoms with Crippen LogP contribution in [-0.2, 0) is 24.9 Å². The molecule has 2 heterocycles. The molecule has 0 spiro atoms. The number of carbonyl (C=O) groups excluding carboxylic acids is 1. The van der Waals surface area contributed by atoms with Gasteiger partial charge in [-0.25, -0.2) is 9.37 Å². The Morgan fingerprint density at radius 2 is 2.12 bits per heavy atom. The van der Waals surface area contributed by atoms with E-state index in [9.17, 15) is 14.0 Å². The summed E-state index contributed by atoms with van der Waals surface area (Å²) in [6.07, 6.45) is 4.87. The van der Waals surface area contributed by atoms with E-state index in [1.165, 1.54) is 23.0 Å². The van der Waals surface area contributed by atoms with Crippen molar-refractivity contribution in [2.45, 2.75) is 33.0 Å². The highest BCUT2D eigenvalue weighted by Crippen LogP contribution is 2.11. The molecule has 0 radical (unpaired) electrons. The minimum Gasteiger partial charge on any atom is -0.334 e. The molecule has 0 saturated carbocycles. The van der Waals surface area contributed by atoms with Crippen molar-refractivity contribution in [2.75, 3.05) is 0 Å². The first-order valence-corrected chi connectivity index (χ1v) is 8.27. The van der Waals surface area contributed by atoms with E-state index in [-0.39, 0.29) is 23.9 Å². The van der Waals surface area contributed by atoms with Gasteiger partial charge in [0.05, 0.1) is 23.4 Å². The Bertz CT molecular complexity index is 1010. The Morgan fingerprint density at radius 3 is 2.77 bits per heavy atom. The first kappa shape index (κ1) is 17.8. The maximum Gasteiger partial charge on any atom is 0.261 e. The van der Waals surface area contributed by atoms with Gasteiger partial charge in [0.1, 0.15) is 12.4 Å². The van der Waals surface area contributed by atoms with E-state index in [2.05, 4.69) is 10.1 Å². The van der Waals surface area contributed by atoms with E-state index < -0.39 is 11.4 Å². The lowest BCUT2D eigenvalue weighted by atomic mass is 10.2. The first-order chi connectivity index (χ1) is 12.3. The van der Waals surface area contributed by atoms with Crippen molar-refractivity contribution < 1.29 is 9.18 Å². The summed E-state index contributed by atoms with van der Waals surface area (Å²) >= 11 is 0. The maximum absolute atomic E-state index is 13.4. The van der Waals surface area contributed by atoms with Crippen LogP contribution in [0.5, 0.6) is 0 Å². The number of amides is 1. The molecule has 0 N–H and O–H groups in total. The predicted octanol–water partition coefficient (Wildman–Crippen LogP) is 1.71. The number of halogens is 1. The van der Waals surface area contributed by atoms with Crippen LogP contribution in [0.3, 0.4) is 0 Å². The number of aromatic nitrogens is 4. The smallest absolute Gasteiger partial charge is 0.261 e. The van der Waals surface area contributed by atoms with Crippen LogP contribution in [0.25, 0.3) is 10.9 Å². The second kappa shape index (κ2) is 7.07. The molecule has 0 aliphatic rings. The fourth-order valence-corrected chi connectivity index (χ4v) is 2.79. The number of rotatable bonds is 5. The largest absolute Gasteiger partial charge is 0.334 e. The van der Waals surface area contributed by atoms with Crippen LogP contribution in [0.15, 0.2) is 41.7 Å². The summed E-state index contributed by atoms with van der Waals surface area (Å²) in [5.41, 5.74) is 0.865. The molecule has 2 aromatic heterocycles. The molecule has 0 atom stereocenters. The second-order valence-electron chi connectivity index (χ2n) is 6.48. The molecule has 0 unspecified atom stereocenters. The molecule has 3 aromatic rings. The summed E-state index contributed by atoms with van der Waals surface area (Å²) in [4.78, 5) is 31.1. The van der Waals surface area contributed by atoms with Gasteiger partial charge in [-0.2, -0.15) is 5.10 Å². The van der Waals surface area contributed by atoms with Crippen LogP contribution < -0.4 is 5.56 Å². The predicted molar refractivity (Wildman–Crippen MR) is 94.9 cm³/mol. The summed E-state index contributed by atoms with van der Waals surface area (Å²) in [5.74, 6) is -0.732. The molecule has 0 saturated heterocycles. The van der Waals surface area contributed by atoms with Gasteiger partial charge in [0.2, 0.25) is 5.91 Å². The van der Waals surface area contributed by atoms with Gasteiger partial charge in [-0.1, -0.05) is 0 Å². The lowest BCUT2D eigenvalue weighted by Gasteiger charge is -2.26. The minimum absolute atomic E-state index is 0.0516. The third kappa shape index (κ3) is 3.63. The van der Waals surface area contributed by atoms with E-state index in [4.69, 9.17) is 0 Å². The molecule has 7 nitrogen and oxygen atoms in total. The van der Waals surface area contributed by atoms with Crippen LogP contribution >= 0.6 is 0 Å². The SMILES string of the molecule is CC(C)N(Cc1cnn(C)c1)C(=O)Cn1cnc2ccc(F)cc2c1=O. The lowest BCUT2D eigenvalue weighted by molar-refractivity contribution is -0.134. The van der Waals surface area contributed by atoms with Gasteiger partial charge in [-0.05, 0) is 32.0 Å². The maximum atomic E-state index is 13.4. The molecule has 0 aliphatic carbocycles. The van der Waals surface area contributed by atoms with Crippen LogP contribution in [-0.4, -0.2) is 36.2 Å². The van der Waals surface area contributed by atoms with Crippen LogP contribution in [0.4, 0.5) is 4.39 Å². The average molecular weight is 357 g/mol. The van der Waals surface area contributed by atoms with E-state index in [1.807, 2.05) is 27.1 Å². The Balaban J connectivity index is 1.86. The topological polar surface area (TPSA) is 73.0 Å². The highest BCUT2D eigenvalue weighted by Gasteiger charge is 2.19. The van der Waals surface area contributed by atoms with Crippen molar-refractivity contribution in [1.29, 1.82) is 0 Å². The molecule has 26 heavy (non-hydrogen) atoms. The van der Waals surface area contributed by atoms with Crippen LogP contribution in [0, 0.1) is 5.82 Å². The van der Waals surface area contributed by atoms with Crippen molar-refractivity contribution in [3.63, 3.8) is 0 Å². The molecule has 8 heteroatoms. The fourth-order valence-electron chi connectivity index (χ4n) is 2.79. The Labute approximate surface area is 149 Å². The van der Waals surface area contributed by atoms with Gasteiger partial charge >= 0.3 is 0 Å². The number of aryl methyl sites for hydroxylation is 1. The number of carbonyl (C=O) groups is 1. The van der Waals surface area contributed by atoms with Gasteiger partial charge in [0.15, 0.2) is 0 Å². The van der Waals surface area contributed by atoms with Gasteiger partial charge < -0.3 is 4.90 Å². The highest BCUT2D eigenvalue weighted by molar-refractivity contribution is 5.79. The zero-order chi connectivity index (χ0) is 18.8. The number of nitrogens with zero attached hydrogens (tertiary/aromatic N) is 5. The van der Waals surface area contributed by atoms with Crippen molar-refractivity contribution in [1.82, 2.24) is 24.2 Å². The molecule has 0 fully saturated rings. The normalized spacial score (nSPS) is 11.3. The van der Waals surface area contributed by atoms with Gasteiger partial charge in [0.25, 0.3) is 5.56 Å². The Morgan fingerprint density at radius 1 is 1.35 bits per heavy atom. The standard InChI is InChI=1S/C18H20FN5O2/c1-12(2)24(9-13-7-21-22(3)8-13)17(25)10-23-11-20-16-5-4-14(19)6-15(16)18(23)26/h4-8,11-12H,9-10H2,1-3H3. The zero-order valence-corrected chi connectivity index (χ0v) is 14.9. The highest BCUT2D eigenvalue weighted by atomic mass is 19.1. The summed E-state index contributed by atoms with van der Waals surface area (Å²) in [6.45, 7) is 4.06. The molecule has 0 bridgehead atoms. The third-order valence-corrected chi connectivity index (χ3v) is 4.15. The van der Waals surface area contributed by atoms with Crippen molar-refractivity contribution in [2.24, 2.45) is 7.05 Å². The van der Waals surface area contributed by atoms with Gasteiger partial charge in [-0.3, -0.25) is 18.8 Å². The lowest BCUT2D eigenvalue weighted by Crippen LogP contribution is -2.40. The number of hydrogen-bond donors (Lipinski definition) is 0. The number of benzene rings is 1.